The lowest BCUT2D eigenvalue weighted by atomic mass is 10.1. The molecule has 4 heteroatoms. The van der Waals surface area contributed by atoms with Crippen molar-refractivity contribution in [3.05, 3.63) is 35.2 Å². The summed E-state index contributed by atoms with van der Waals surface area (Å²) < 4.78 is 0. The van der Waals surface area contributed by atoms with Gasteiger partial charge in [0.05, 0.1) is 17.2 Å². The summed E-state index contributed by atoms with van der Waals surface area (Å²) in [6, 6.07) is 10.7. The van der Waals surface area contributed by atoms with Gasteiger partial charge in [0.2, 0.25) is 0 Å². The number of thiazole rings is 1. The smallest absolute Gasteiger partial charge is 0.186 e. The Morgan fingerprint density at radius 2 is 2.05 bits per heavy atom. The Balaban J connectivity index is 1.95. The molecule has 1 aromatic heterocycles. The van der Waals surface area contributed by atoms with E-state index < -0.39 is 0 Å². The van der Waals surface area contributed by atoms with Gasteiger partial charge in [-0.1, -0.05) is 54.5 Å². The Hall–Kier alpha value is -1.39. The summed E-state index contributed by atoms with van der Waals surface area (Å²) in [4.78, 5) is 8.24. The molecule has 112 valence electrons. The molecule has 1 fully saturated rings. The van der Waals surface area contributed by atoms with E-state index in [0.29, 0.717) is 6.04 Å². The maximum absolute atomic E-state index is 9.66. The Morgan fingerprint density at radius 3 is 2.81 bits per heavy atom. The van der Waals surface area contributed by atoms with Crippen LogP contribution >= 0.6 is 11.3 Å². The molecule has 0 radical (unpaired) electrons. The molecule has 3 rings (SSSR count). The zero-order valence-corrected chi connectivity index (χ0v) is 13.3. The third-order valence-corrected chi connectivity index (χ3v) is 5.25. The summed E-state index contributed by atoms with van der Waals surface area (Å²) in [6.45, 7) is 3.42. The minimum absolute atomic E-state index is 0.0596. The van der Waals surface area contributed by atoms with Crippen LogP contribution in [0.15, 0.2) is 30.3 Å². The van der Waals surface area contributed by atoms with Gasteiger partial charge in [-0.3, -0.25) is 0 Å². The van der Waals surface area contributed by atoms with Crippen LogP contribution in [0.4, 0.5) is 5.13 Å². The highest BCUT2D eigenvalue weighted by Crippen LogP contribution is 2.35. The number of aliphatic hydroxyl groups excluding tert-OH is 1. The summed E-state index contributed by atoms with van der Waals surface area (Å²) in [7, 11) is 0. The van der Waals surface area contributed by atoms with Crippen molar-refractivity contribution in [3.8, 4) is 11.3 Å². The number of hydrogen-bond acceptors (Lipinski definition) is 4. The molecular formula is C17H22N2OS. The van der Waals surface area contributed by atoms with Crippen molar-refractivity contribution in [2.75, 3.05) is 11.4 Å². The summed E-state index contributed by atoms with van der Waals surface area (Å²) in [5, 5.41) is 10.7. The van der Waals surface area contributed by atoms with Gasteiger partial charge in [-0.15, -0.1) is 0 Å². The summed E-state index contributed by atoms with van der Waals surface area (Å²) in [5.41, 5.74) is 2.03. The standard InChI is InChI=1S/C17H22N2OS/c1-13-8-4-3-7-11-19(13)17-18-16(15(12-20)21-17)14-9-5-2-6-10-14/h2,5-6,9-10,13,20H,3-4,7-8,11-12H2,1H3. The van der Waals surface area contributed by atoms with Gasteiger partial charge in [-0.25, -0.2) is 4.98 Å². The first-order valence-electron chi connectivity index (χ1n) is 7.72. The fraction of sp³-hybridized carbons (Fsp3) is 0.471. The largest absolute Gasteiger partial charge is 0.391 e. The Morgan fingerprint density at radius 1 is 1.24 bits per heavy atom. The lowest BCUT2D eigenvalue weighted by Gasteiger charge is -2.26. The predicted octanol–water partition coefficient (Wildman–Crippen LogP) is 4.07. The summed E-state index contributed by atoms with van der Waals surface area (Å²) in [5.74, 6) is 0. The Labute approximate surface area is 130 Å². The van der Waals surface area contributed by atoms with Crippen molar-refractivity contribution in [1.82, 2.24) is 4.98 Å². The minimum atomic E-state index is 0.0596. The molecular weight excluding hydrogens is 280 g/mol. The zero-order valence-electron chi connectivity index (χ0n) is 12.5. The number of aliphatic hydroxyl groups is 1. The number of aromatic nitrogens is 1. The van der Waals surface area contributed by atoms with Crippen LogP contribution in [0.1, 0.15) is 37.5 Å². The van der Waals surface area contributed by atoms with Crippen LogP contribution in [0.5, 0.6) is 0 Å². The molecule has 0 aliphatic carbocycles. The van der Waals surface area contributed by atoms with Gasteiger partial charge < -0.3 is 10.0 Å². The van der Waals surface area contributed by atoms with E-state index in [9.17, 15) is 5.11 Å². The lowest BCUT2D eigenvalue weighted by molar-refractivity contribution is 0.286. The van der Waals surface area contributed by atoms with Crippen LogP contribution in [0.2, 0.25) is 0 Å². The maximum Gasteiger partial charge on any atom is 0.186 e. The molecule has 21 heavy (non-hydrogen) atoms. The molecule has 1 aliphatic rings. The van der Waals surface area contributed by atoms with Crippen LogP contribution in [-0.2, 0) is 6.61 Å². The van der Waals surface area contributed by atoms with E-state index in [1.165, 1.54) is 25.7 Å². The van der Waals surface area contributed by atoms with Crippen LogP contribution in [0.3, 0.4) is 0 Å². The summed E-state index contributed by atoms with van der Waals surface area (Å²) >= 11 is 1.64. The second-order valence-corrected chi connectivity index (χ2v) is 6.75. The summed E-state index contributed by atoms with van der Waals surface area (Å²) in [6.07, 6.45) is 5.08. The number of hydrogen-bond donors (Lipinski definition) is 1. The molecule has 2 heterocycles. The van der Waals surface area contributed by atoms with Crippen molar-refractivity contribution in [1.29, 1.82) is 0 Å². The molecule has 2 aromatic rings. The van der Waals surface area contributed by atoms with Crippen LogP contribution in [-0.4, -0.2) is 22.7 Å². The van der Waals surface area contributed by atoms with Crippen molar-refractivity contribution >= 4 is 16.5 Å². The fourth-order valence-electron chi connectivity index (χ4n) is 2.95. The van der Waals surface area contributed by atoms with E-state index in [1.54, 1.807) is 11.3 Å². The van der Waals surface area contributed by atoms with Gasteiger partial charge >= 0.3 is 0 Å². The molecule has 0 amide bonds. The van der Waals surface area contributed by atoms with Crippen molar-refractivity contribution in [3.63, 3.8) is 0 Å². The normalized spacial score (nSPS) is 19.5. The molecule has 1 unspecified atom stereocenters. The lowest BCUT2D eigenvalue weighted by Crippen LogP contribution is -2.32. The molecule has 3 nitrogen and oxygen atoms in total. The second kappa shape index (κ2) is 6.58. The molecule has 1 aromatic carbocycles. The average Bonchev–Trinajstić information content (AvgIpc) is 2.84. The van der Waals surface area contributed by atoms with E-state index in [-0.39, 0.29) is 6.61 Å². The first-order valence-corrected chi connectivity index (χ1v) is 8.54. The highest BCUT2D eigenvalue weighted by molar-refractivity contribution is 7.16. The molecule has 1 N–H and O–H groups in total. The van der Waals surface area contributed by atoms with Gasteiger partial charge in [0.25, 0.3) is 0 Å². The third-order valence-electron chi connectivity index (χ3n) is 4.18. The number of anilines is 1. The molecule has 0 bridgehead atoms. The number of rotatable bonds is 3. The first-order chi connectivity index (χ1) is 10.3. The molecule has 0 spiro atoms. The van der Waals surface area contributed by atoms with Crippen LogP contribution in [0, 0.1) is 0 Å². The monoisotopic (exact) mass is 302 g/mol. The quantitative estimate of drug-likeness (QED) is 0.928. The average molecular weight is 302 g/mol. The van der Waals surface area contributed by atoms with Gasteiger partial charge in [-0.2, -0.15) is 0 Å². The van der Waals surface area contributed by atoms with E-state index >= 15 is 0 Å². The van der Waals surface area contributed by atoms with Crippen molar-refractivity contribution < 1.29 is 5.11 Å². The van der Waals surface area contributed by atoms with E-state index in [0.717, 1.165) is 27.8 Å². The third kappa shape index (κ3) is 3.11. The van der Waals surface area contributed by atoms with E-state index in [4.69, 9.17) is 4.98 Å². The van der Waals surface area contributed by atoms with Gasteiger partial charge in [0.1, 0.15) is 0 Å². The van der Waals surface area contributed by atoms with E-state index in [2.05, 4.69) is 24.0 Å². The van der Waals surface area contributed by atoms with Gasteiger partial charge in [-0.05, 0) is 19.8 Å². The number of nitrogens with zero attached hydrogens (tertiary/aromatic N) is 2. The molecule has 1 atom stereocenters. The fourth-order valence-corrected chi connectivity index (χ4v) is 4.02. The zero-order chi connectivity index (χ0) is 14.7. The first kappa shape index (κ1) is 14.5. The topological polar surface area (TPSA) is 36.4 Å². The number of benzene rings is 1. The van der Waals surface area contributed by atoms with E-state index in [1.807, 2.05) is 18.2 Å². The maximum atomic E-state index is 9.66. The van der Waals surface area contributed by atoms with Crippen LogP contribution in [0.25, 0.3) is 11.3 Å². The van der Waals surface area contributed by atoms with Crippen molar-refractivity contribution in [2.45, 2.75) is 45.3 Å². The molecule has 1 aliphatic heterocycles. The Kier molecular flexibility index (Phi) is 4.56. The Bertz CT molecular complexity index is 582. The molecule has 1 saturated heterocycles. The van der Waals surface area contributed by atoms with Gasteiger partial charge in [0, 0.05) is 18.2 Å². The molecule has 0 saturated carbocycles. The highest BCUT2D eigenvalue weighted by atomic mass is 32.1. The highest BCUT2D eigenvalue weighted by Gasteiger charge is 2.22. The minimum Gasteiger partial charge on any atom is -0.391 e. The van der Waals surface area contributed by atoms with Gasteiger partial charge in [0.15, 0.2) is 5.13 Å². The SMILES string of the molecule is CC1CCCCCN1c1nc(-c2ccccc2)c(CO)s1. The second-order valence-electron chi connectivity index (χ2n) is 5.68. The van der Waals surface area contributed by atoms with Crippen LogP contribution < -0.4 is 4.90 Å². The predicted molar refractivity (Wildman–Crippen MR) is 88.7 cm³/mol. The van der Waals surface area contributed by atoms with Crippen molar-refractivity contribution in [2.24, 2.45) is 0 Å².